The molecular weight excluding hydrogens is 292 g/mol. The fourth-order valence-electron chi connectivity index (χ4n) is 2.41. The highest BCUT2D eigenvalue weighted by Gasteiger charge is 2.27. The Morgan fingerprint density at radius 2 is 1.78 bits per heavy atom. The second-order valence-corrected chi connectivity index (χ2v) is 6.57. The van der Waals surface area contributed by atoms with Crippen molar-refractivity contribution in [3.8, 4) is 0 Å². The molecule has 1 atom stereocenters. The zero-order valence-corrected chi connectivity index (χ0v) is 14.3. The molecule has 0 bridgehead atoms. The molecule has 3 N–H and O–H groups in total. The minimum atomic E-state index is -0.548. The molecule has 0 saturated heterocycles. The van der Waals surface area contributed by atoms with Gasteiger partial charge < -0.3 is 20.4 Å². The number of likely N-dealkylation sites (N-methyl/N-ethyl adjacent to an activating group) is 1. The smallest absolute Gasteiger partial charge is 0.309 e. The predicted octanol–water partition coefficient (Wildman–Crippen LogP) is -0.667. The van der Waals surface area contributed by atoms with Gasteiger partial charge in [-0.1, -0.05) is 12.1 Å². The van der Waals surface area contributed by atoms with Gasteiger partial charge in [0, 0.05) is 31.4 Å². The SMILES string of the molecule is CN(C)c1ccc([C@H](CNC(=O)C(=O)NC2CC2)[NH+](C)C)cc1. The van der Waals surface area contributed by atoms with Gasteiger partial charge in [0.1, 0.15) is 6.04 Å². The lowest BCUT2D eigenvalue weighted by Gasteiger charge is -2.23. The summed E-state index contributed by atoms with van der Waals surface area (Å²) in [5.74, 6) is -1.07. The molecule has 1 aromatic carbocycles. The van der Waals surface area contributed by atoms with Gasteiger partial charge in [0.15, 0.2) is 0 Å². The van der Waals surface area contributed by atoms with Crippen molar-refractivity contribution in [2.75, 3.05) is 39.6 Å². The van der Waals surface area contributed by atoms with Gasteiger partial charge in [-0.2, -0.15) is 0 Å². The summed E-state index contributed by atoms with van der Waals surface area (Å²) in [6.45, 7) is 0.431. The molecule has 2 rings (SSSR count). The van der Waals surface area contributed by atoms with E-state index in [1.807, 2.05) is 33.1 Å². The molecule has 126 valence electrons. The first kappa shape index (κ1) is 17.3. The summed E-state index contributed by atoms with van der Waals surface area (Å²) in [5, 5.41) is 5.45. The Labute approximate surface area is 137 Å². The molecule has 0 aliphatic heterocycles. The van der Waals surface area contributed by atoms with E-state index in [4.69, 9.17) is 0 Å². The monoisotopic (exact) mass is 319 g/mol. The summed E-state index contributed by atoms with van der Waals surface area (Å²) >= 11 is 0. The van der Waals surface area contributed by atoms with Gasteiger partial charge in [0.25, 0.3) is 0 Å². The number of amides is 2. The minimum Gasteiger partial charge on any atom is -0.378 e. The molecule has 6 heteroatoms. The van der Waals surface area contributed by atoms with Crippen molar-refractivity contribution >= 4 is 17.5 Å². The summed E-state index contributed by atoms with van der Waals surface area (Å²) in [7, 11) is 8.09. The number of carbonyl (C=O) groups excluding carboxylic acids is 2. The number of hydrogen-bond donors (Lipinski definition) is 3. The molecule has 0 unspecified atom stereocenters. The van der Waals surface area contributed by atoms with Crippen LogP contribution in [0.1, 0.15) is 24.4 Å². The van der Waals surface area contributed by atoms with E-state index in [0.717, 1.165) is 24.1 Å². The van der Waals surface area contributed by atoms with Crippen LogP contribution in [0, 0.1) is 0 Å². The van der Waals surface area contributed by atoms with Gasteiger partial charge in [-0.3, -0.25) is 9.59 Å². The maximum atomic E-state index is 11.9. The number of benzene rings is 1. The van der Waals surface area contributed by atoms with Crippen molar-refractivity contribution in [3.63, 3.8) is 0 Å². The molecule has 1 aliphatic carbocycles. The second kappa shape index (κ2) is 7.46. The molecule has 6 nitrogen and oxygen atoms in total. The third-order valence-corrected chi connectivity index (χ3v) is 4.09. The average molecular weight is 319 g/mol. The highest BCUT2D eigenvalue weighted by Crippen LogP contribution is 2.18. The summed E-state index contributed by atoms with van der Waals surface area (Å²) in [4.78, 5) is 26.8. The van der Waals surface area contributed by atoms with Crippen molar-refractivity contribution in [1.29, 1.82) is 0 Å². The van der Waals surface area contributed by atoms with Crippen LogP contribution in [-0.4, -0.2) is 52.6 Å². The van der Waals surface area contributed by atoms with Gasteiger partial charge >= 0.3 is 11.8 Å². The molecule has 1 saturated carbocycles. The number of carbonyl (C=O) groups is 2. The van der Waals surface area contributed by atoms with E-state index in [1.54, 1.807) is 0 Å². The van der Waals surface area contributed by atoms with Crippen molar-refractivity contribution in [2.45, 2.75) is 24.9 Å². The molecule has 0 heterocycles. The summed E-state index contributed by atoms with van der Waals surface area (Å²) in [5.41, 5.74) is 2.27. The summed E-state index contributed by atoms with van der Waals surface area (Å²) in [6.07, 6.45) is 1.95. The zero-order chi connectivity index (χ0) is 17.0. The fourth-order valence-corrected chi connectivity index (χ4v) is 2.41. The first-order chi connectivity index (χ1) is 10.9. The van der Waals surface area contributed by atoms with E-state index in [9.17, 15) is 9.59 Å². The van der Waals surface area contributed by atoms with Crippen molar-refractivity contribution in [2.24, 2.45) is 0 Å². The number of anilines is 1. The fraction of sp³-hybridized carbons (Fsp3) is 0.529. The molecule has 1 aliphatic rings. The Hall–Kier alpha value is -2.08. The van der Waals surface area contributed by atoms with Gasteiger partial charge in [0.2, 0.25) is 0 Å². The summed E-state index contributed by atoms with van der Waals surface area (Å²) in [6, 6.07) is 8.57. The van der Waals surface area contributed by atoms with E-state index < -0.39 is 11.8 Å². The van der Waals surface area contributed by atoms with Gasteiger partial charge in [-0.25, -0.2) is 0 Å². The third-order valence-electron chi connectivity index (χ3n) is 4.09. The first-order valence-corrected chi connectivity index (χ1v) is 8.04. The van der Waals surface area contributed by atoms with Crippen LogP contribution in [-0.2, 0) is 9.59 Å². The van der Waals surface area contributed by atoms with Crippen LogP contribution in [0.15, 0.2) is 24.3 Å². The van der Waals surface area contributed by atoms with Crippen molar-refractivity contribution in [1.82, 2.24) is 10.6 Å². The molecule has 1 fully saturated rings. The van der Waals surface area contributed by atoms with Crippen LogP contribution < -0.4 is 20.4 Å². The lowest BCUT2D eigenvalue weighted by Crippen LogP contribution is -3.07. The van der Waals surface area contributed by atoms with E-state index in [2.05, 4.69) is 34.9 Å². The van der Waals surface area contributed by atoms with Gasteiger partial charge in [0.05, 0.1) is 20.6 Å². The lowest BCUT2D eigenvalue weighted by molar-refractivity contribution is -0.890. The standard InChI is InChI=1S/C17H26N4O2/c1-20(2)14-9-5-12(6-10-14)15(21(3)4)11-18-16(22)17(23)19-13-7-8-13/h5-6,9-10,13,15H,7-8,11H2,1-4H3,(H,18,22)(H,19,23)/p+1/t15-/m0/s1. The van der Waals surface area contributed by atoms with E-state index >= 15 is 0 Å². The second-order valence-electron chi connectivity index (χ2n) is 6.57. The quantitative estimate of drug-likeness (QED) is 0.610. The molecular formula is C17H27N4O2+. The maximum Gasteiger partial charge on any atom is 0.309 e. The van der Waals surface area contributed by atoms with E-state index in [1.165, 1.54) is 4.90 Å². The van der Waals surface area contributed by atoms with Crippen LogP contribution >= 0.6 is 0 Å². The number of hydrogen-bond acceptors (Lipinski definition) is 3. The lowest BCUT2D eigenvalue weighted by atomic mass is 10.1. The number of rotatable bonds is 6. The third kappa shape index (κ3) is 4.96. The largest absolute Gasteiger partial charge is 0.378 e. The highest BCUT2D eigenvalue weighted by atomic mass is 16.2. The minimum absolute atomic E-state index is 0.101. The van der Waals surface area contributed by atoms with Gasteiger partial charge in [-0.15, -0.1) is 0 Å². The maximum absolute atomic E-state index is 11.9. The molecule has 0 aromatic heterocycles. The van der Waals surface area contributed by atoms with Crippen LogP contribution in [0.4, 0.5) is 5.69 Å². The van der Waals surface area contributed by atoms with Crippen LogP contribution in [0.25, 0.3) is 0 Å². The highest BCUT2D eigenvalue weighted by molar-refractivity contribution is 6.35. The topological polar surface area (TPSA) is 65.9 Å². The zero-order valence-electron chi connectivity index (χ0n) is 14.3. The Morgan fingerprint density at radius 1 is 1.17 bits per heavy atom. The Bertz CT molecular complexity index is 550. The molecule has 1 aromatic rings. The Kier molecular flexibility index (Phi) is 5.60. The predicted molar refractivity (Wildman–Crippen MR) is 90.5 cm³/mol. The average Bonchev–Trinajstić information content (AvgIpc) is 3.31. The van der Waals surface area contributed by atoms with Crippen LogP contribution in [0.3, 0.4) is 0 Å². The van der Waals surface area contributed by atoms with Crippen molar-refractivity contribution < 1.29 is 14.5 Å². The van der Waals surface area contributed by atoms with Crippen LogP contribution in [0.5, 0.6) is 0 Å². The molecule has 2 amide bonds. The molecule has 0 spiro atoms. The molecule has 23 heavy (non-hydrogen) atoms. The van der Waals surface area contributed by atoms with E-state index in [-0.39, 0.29) is 12.1 Å². The number of nitrogens with zero attached hydrogens (tertiary/aromatic N) is 1. The number of quaternary nitrogens is 1. The van der Waals surface area contributed by atoms with E-state index in [0.29, 0.717) is 6.54 Å². The van der Waals surface area contributed by atoms with Crippen LogP contribution in [0.2, 0.25) is 0 Å². The molecule has 0 radical (unpaired) electrons. The normalized spacial score (nSPS) is 15.2. The summed E-state index contributed by atoms with van der Waals surface area (Å²) < 4.78 is 0. The first-order valence-electron chi connectivity index (χ1n) is 8.04. The van der Waals surface area contributed by atoms with Gasteiger partial charge in [-0.05, 0) is 25.0 Å². The Morgan fingerprint density at radius 3 is 2.26 bits per heavy atom. The number of nitrogens with one attached hydrogen (secondary N) is 3. The van der Waals surface area contributed by atoms with Crippen molar-refractivity contribution in [3.05, 3.63) is 29.8 Å². The Balaban J connectivity index is 1.95.